The number of hydrazine groups is 1. The Morgan fingerprint density at radius 1 is 0.886 bits per heavy atom. The number of allylic oxidation sites excluding steroid dienone is 2. The fraction of sp³-hybridized carbons (Fsp3) is 0.333. The predicted molar refractivity (Wildman–Crippen MR) is 130 cm³/mol. The number of aryl methyl sites for hydroxylation is 1. The van der Waals surface area contributed by atoms with Gasteiger partial charge in [0, 0.05) is 11.1 Å². The van der Waals surface area contributed by atoms with Crippen LogP contribution in [0.2, 0.25) is 10.0 Å². The number of halogens is 2. The van der Waals surface area contributed by atoms with E-state index in [0.717, 1.165) is 22.0 Å². The first-order chi connectivity index (χ1) is 16.8. The zero-order chi connectivity index (χ0) is 24.6. The van der Waals surface area contributed by atoms with Crippen molar-refractivity contribution < 1.29 is 19.2 Å². The first-order valence-electron chi connectivity index (χ1n) is 11.7. The van der Waals surface area contributed by atoms with Gasteiger partial charge in [-0.3, -0.25) is 19.2 Å². The largest absolute Gasteiger partial charge is 0.292 e. The monoisotopic (exact) mass is 508 g/mol. The molecule has 3 fully saturated rings. The van der Waals surface area contributed by atoms with Crippen LogP contribution in [0, 0.1) is 42.4 Å². The molecular weight excluding hydrogens is 487 g/mol. The number of rotatable bonds is 5. The van der Waals surface area contributed by atoms with Crippen LogP contribution in [-0.2, 0) is 9.59 Å². The third kappa shape index (κ3) is 3.46. The number of carbonyl (C=O) groups excluding carboxylic acids is 4. The summed E-state index contributed by atoms with van der Waals surface area (Å²) in [5.74, 6) is -1.96. The van der Waals surface area contributed by atoms with Crippen molar-refractivity contribution in [3.63, 3.8) is 0 Å². The van der Waals surface area contributed by atoms with Crippen LogP contribution in [0.15, 0.2) is 54.6 Å². The van der Waals surface area contributed by atoms with Gasteiger partial charge in [0.2, 0.25) is 0 Å². The summed E-state index contributed by atoms with van der Waals surface area (Å²) in [6.45, 7) is 1.46. The molecule has 2 aromatic carbocycles. The van der Waals surface area contributed by atoms with Gasteiger partial charge in [0.25, 0.3) is 17.7 Å². The molecule has 6 nitrogen and oxygen atoms in total. The van der Waals surface area contributed by atoms with Crippen LogP contribution >= 0.6 is 23.2 Å². The third-order valence-electron chi connectivity index (χ3n) is 7.95. The van der Waals surface area contributed by atoms with Crippen LogP contribution in [0.4, 0.5) is 0 Å². The lowest BCUT2D eigenvalue weighted by molar-refractivity contribution is -0.154. The lowest BCUT2D eigenvalue weighted by Crippen LogP contribution is -2.52. The number of benzene rings is 2. The van der Waals surface area contributed by atoms with Crippen molar-refractivity contribution in [1.82, 2.24) is 10.0 Å². The molecule has 0 radical (unpaired) electrons. The molecule has 1 aliphatic heterocycles. The van der Waals surface area contributed by atoms with E-state index in [2.05, 4.69) is 12.2 Å². The Morgan fingerprint density at radius 2 is 1.46 bits per heavy atom. The van der Waals surface area contributed by atoms with E-state index in [9.17, 15) is 19.2 Å². The summed E-state index contributed by atoms with van der Waals surface area (Å²) in [5, 5.41) is 2.36. The number of hydrogen-bond donors (Lipinski definition) is 0. The number of carbonyl (C=O) groups is 4. The quantitative estimate of drug-likeness (QED) is 0.336. The molecule has 0 spiro atoms. The molecule has 1 saturated heterocycles. The second kappa shape index (κ2) is 8.04. The van der Waals surface area contributed by atoms with E-state index in [1.165, 1.54) is 18.2 Å². The van der Waals surface area contributed by atoms with Crippen molar-refractivity contribution in [1.29, 1.82) is 0 Å². The fourth-order valence-corrected chi connectivity index (χ4v) is 6.46. The minimum atomic E-state index is -0.658. The van der Waals surface area contributed by atoms with Crippen molar-refractivity contribution >= 4 is 46.7 Å². The summed E-state index contributed by atoms with van der Waals surface area (Å²) in [7, 11) is 0. The van der Waals surface area contributed by atoms with Gasteiger partial charge in [-0.25, -0.2) is 5.01 Å². The Morgan fingerprint density at radius 3 is 2.03 bits per heavy atom. The van der Waals surface area contributed by atoms with E-state index in [1.54, 1.807) is 24.3 Å². The normalized spacial score (nSPS) is 29.7. The van der Waals surface area contributed by atoms with Gasteiger partial charge in [-0.1, -0.05) is 65.2 Å². The first kappa shape index (κ1) is 22.5. The summed E-state index contributed by atoms with van der Waals surface area (Å²) in [4.78, 5) is 54.2. The molecule has 7 rings (SSSR count). The summed E-state index contributed by atoms with van der Waals surface area (Å²) < 4.78 is 0. The average Bonchev–Trinajstić information content (AvgIpc) is 3.63. The predicted octanol–water partition coefficient (Wildman–Crippen LogP) is 4.60. The van der Waals surface area contributed by atoms with Crippen molar-refractivity contribution in [3.8, 4) is 0 Å². The molecule has 35 heavy (non-hydrogen) atoms. The van der Waals surface area contributed by atoms with Crippen molar-refractivity contribution in [2.45, 2.75) is 13.3 Å². The zero-order valence-electron chi connectivity index (χ0n) is 18.9. The summed E-state index contributed by atoms with van der Waals surface area (Å²) in [6.07, 6.45) is 5.17. The SMILES string of the molecule is Cc1ccc(C(=O)CN(C(=O)c2ccc(Cl)c(Cl)c2)N2C(=O)[C@@H]3[C@H]4C=C[C@@H]([C@@H]5C[C@@H]45)[C@@H]3C2=O)cc1. The van der Waals surface area contributed by atoms with E-state index in [-0.39, 0.29) is 33.2 Å². The van der Waals surface area contributed by atoms with Gasteiger partial charge >= 0.3 is 0 Å². The van der Waals surface area contributed by atoms with Crippen LogP contribution < -0.4 is 0 Å². The molecule has 5 aliphatic rings. The molecule has 3 amide bonds. The molecule has 0 N–H and O–H groups in total. The second-order valence-electron chi connectivity index (χ2n) is 9.92. The van der Waals surface area contributed by atoms with E-state index in [1.807, 2.05) is 6.92 Å². The van der Waals surface area contributed by atoms with Crippen LogP contribution in [0.5, 0.6) is 0 Å². The highest BCUT2D eigenvalue weighted by Crippen LogP contribution is 2.65. The molecule has 2 saturated carbocycles. The van der Waals surface area contributed by atoms with Gasteiger partial charge in [0.1, 0.15) is 6.54 Å². The molecule has 0 aromatic heterocycles. The van der Waals surface area contributed by atoms with Gasteiger partial charge < -0.3 is 0 Å². The maximum absolute atomic E-state index is 13.7. The van der Waals surface area contributed by atoms with E-state index in [0.29, 0.717) is 17.4 Å². The van der Waals surface area contributed by atoms with E-state index in [4.69, 9.17) is 23.2 Å². The Balaban J connectivity index is 1.37. The Labute approximate surface area is 212 Å². The van der Waals surface area contributed by atoms with Crippen molar-refractivity contribution in [3.05, 3.63) is 81.4 Å². The van der Waals surface area contributed by atoms with Crippen LogP contribution in [-0.4, -0.2) is 40.1 Å². The smallest absolute Gasteiger partial charge is 0.273 e. The maximum Gasteiger partial charge on any atom is 0.273 e. The number of imide groups is 1. The van der Waals surface area contributed by atoms with E-state index < -0.39 is 36.1 Å². The Hall–Kier alpha value is -2.96. The maximum atomic E-state index is 13.7. The lowest BCUT2D eigenvalue weighted by Gasteiger charge is -2.37. The topological polar surface area (TPSA) is 74.8 Å². The molecular formula is C27H22Cl2N2O4. The summed E-state index contributed by atoms with van der Waals surface area (Å²) >= 11 is 12.2. The van der Waals surface area contributed by atoms with Gasteiger partial charge in [-0.05, 0) is 55.2 Å². The van der Waals surface area contributed by atoms with E-state index >= 15 is 0 Å². The number of ketones is 1. The third-order valence-corrected chi connectivity index (χ3v) is 8.69. The average molecular weight is 509 g/mol. The Kier molecular flexibility index (Phi) is 5.17. The number of hydrogen-bond acceptors (Lipinski definition) is 4. The first-order valence-corrected chi connectivity index (χ1v) is 12.4. The van der Waals surface area contributed by atoms with Crippen molar-refractivity contribution in [2.24, 2.45) is 35.5 Å². The van der Waals surface area contributed by atoms with Crippen LogP contribution in [0.25, 0.3) is 0 Å². The number of amides is 3. The highest BCUT2D eigenvalue weighted by Gasteiger charge is 2.68. The molecule has 178 valence electrons. The van der Waals surface area contributed by atoms with Crippen LogP contribution in [0.1, 0.15) is 32.7 Å². The highest BCUT2D eigenvalue weighted by atomic mass is 35.5. The van der Waals surface area contributed by atoms with Gasteiger partial charge in [0.15, 0.2) is 5.78 Å². The minimum absolute atomic E-state index is 0.00572. The number of Topliss-reactive ketones (excluding diaryl/α,β-unsaturated/α-hetero) is 1. The molecule has 2 bridgehead atoms. The molecule has 0 unspecified atom stereocenters. The van der Waals surface area contributed by atoms with Crippen molar-refractivity contribution in [2.75, 3.05) is 6.54 Å². The fourth-order valence-electron chi connectivity index (χ4n) is 6.16. The van der Waals surface area contributed by atoms with Gasteiger partial charge in [-0.2, -0.15) is 5.01 Å². The van der Waals surface area contributed by atoms with Gasteiger partial charge in [0.05, 0.1) is 21.9 Å². The second-order valence-corrected chi connectivity index (χ2v) is 10.7. The molecule has 4 aliphatic carbocycles. The minimum Gasteiger partial charge on any atom is -0.292 e. The van der Waals surface area contributed by atoms with Gasteiger partial charge in [-0.15, -0.1) is 0 Å². The number of nitrogens with zero attached hydrogens (tertiary/aromatic N) is 2. The molecule has 6 atom stereocenters. The summed E-state index contributed by atoms with van der Waals surface area (Å²) in [5.41, 5.74) is 1.51. The Bertz CT molecular complexity index is 1280. The summed E-state index contributed by atoms with van der Waals surface area (Å²) in [6, 6.07) is 11.3. The standard InChI is InChI=1S/C27H22Cl2N2O4/c1-13-2-4-14(5-3-13)22(32)12-30(25(33)15-6-9-20(28)21(29)10-15)31-26(34)23-16-7-8-17(19-11-18(16)19)24(23)27(31)35/h2-10,16-19,23-24H,11-12H2,1H3/t16-,17-,18-,19-,23-,24+/m0/s1. The molecule has 1 heterocycles. The zero-order valence-corrected chi connectivity index (χ0v) is 20.4. The molecule has 8 heteroatoms. The lowest BCUT2D eigenvalue weighted by atomic mass is 9.63. The van der Waals surface area contributed by atoms with Crippen LogP contribution in [0.3, 0.4) is 0 Å². The highest BCUT2D eigenvalue weighted by molar-refractivity contribution is 6.42. The molecule has 2 aromatic rings.